The molecule has 0 saturated heterocycles. The van der Waals surface area contributed by atoms with Crippen LogP contribution in [0.15, 0.2) is 38.2 Å². The first kappa shape index (κ1) is 15.6. The third-order valence-electron chi connectivity index (χ3n) is 3.16. The lowest BCUT2D eigenvalue weighted by atomic mass is 10.2. The number of nitrogens with zero attached hydrogens (tertiary/aromatic N) is 2. The Labute approximate surface area is 153 Å². The van der Waals surface area contributed by atoms with Gasteiger partial charge in [-0.1, -0.05) is 23.2 Å². The highest BCUT2D eigenvalue weighted by atomic mass is 79.9. The lowest BCUT2D eigenvalue weighted by Gasteiger charge is -2.25. The molecule has 0 aliphatic carbocycles. The van der Waals surface area contributed by atoms with E-state index in [9.17, 15) is 0 Å². The molecule has 1 unspecified atom stereocenters. The standard InChI is InChI=1S/C13H9Br2Cl2N3S/c14-7-3-6(1-2-9(7)16)20-10(5-19-13(20)18)11-4-8(15)12(17)21-11/h1-4,10H,5H2,(H2,18,19). The molecule has 0 saturated carbocycles. The summed E-state index contributed by atoms with van der Waals surface area (Å²) in [5.74, 6) is 0.495. The highest BCUT2D eigenvalue weighted by molar-refractivity contribution is 9.11. The molecule has 0 spiro atoms. The molecule has 1 atom stereocenters. The Hall–Kier alpha value is -0.270. The first-order valence-corrected chi connectivity index (χ1v) is 9.12. The zero-order valence-corrected chi connectivity index (χ0v) is 16.0. The maximum absolute atomic E-state index is 6.14. The van der Waals surface area contributed by atoms with Crippen molar-refractivity contribution in [1.29, 1.82) is 0 Å². The number of thiophene rings is 1. The molecular weight excluding hydrogens is 461 g/mol. The average molecular weight is 470 g/mol. The predicted octanol–water partition coefficient (Wildman–Crippen LogP) is 5.46. The summed E-state index contributed by atoms with van der Waals surface area (Å²) in [5, 5.41) is 0.659. The van der Waals surface area contributed by atoms with Crippen LogP contribution in [0.2, 0.25) is 9.36 Å². The number of nitrogens with two attached hydrogens (primary N) is 1. The van der Waals surface area contributed by atoms with Gasteiger partial charge in [0.25, 0.3) is 0 Å². The number of benzene rings is 1. The van der Waals surface area contributed by atoms with Gasteiger partial charge in [0.05, 0.1) is 17.6 Å². The average Bonchev–Trinajstić information content (AvgIpc) is 2.97. The largest absolute Gasteiger partial charge is 0.369 e. The van der Waals surface area contributed by atoms with Crippen LogP contribution in [0.25, 0.3) is 0 Å². The van der Waals surface area contributed by atoms with Crippen LogP contribution in [-0.2, 0) is 0 Å². The second-order valence-corrected chi connectivity index (χ2v) is 8.26. The summed E-state index contributed by atoms with van der Waals surface area (Å²) in [7, 11) is 0. The van der Waals surface area contributed by atoms with Crippen molar-refractivity contribution >= 4 is 78.0 Å². The molecule has 21 heavy (non-hydrogen) atoms. The van der Waals surface area contributed by atoms with Crippen molar-refractivity contribution in [1.82, 2.24) is 0 Å². The van der Waals surface area contributed by atoms with E-state index < -0.39 is 0 Å². The summed E-state index contributed by atoms with van der Waals surface area (Å²) in [6.07, 6.45) is 0. The predicted molar refractivity (Wildman–Crippen MR) is 97.9 cm³/mol. The van der Waals surface area contributed by atoms with Crippen LogP contribution in [-0.4, -0.2) is 12.5 Å². The molecule has 3 nitrogen and oxygen atoms in total. The SMILES string of the molecule is NC1=NCC(c2cc(Br)c(Cl)s2)N1c1ccc(Cl)c(Br)c1. The summed E-state index contributed by atoms with van der Waals surface area (Å²) in [6, 6.07) is 7.77. The molecule has 0 bridgehead atoms. The lowest BCUT2D eigenvalue weighted by molar-refractivity contribution is 0.784. The van der Waals surface area contributed by atoms with Crippen molar-refractivity contribution in [3.63, 3.8) is 0 Å². The van der Waals surface area contributed by atoms with Crippen LogP contribution >= 0.6 is 66.4 Å². The lowest BCUT2D eigenvalue weighted by Crippen LogP contribution is -2.35. The van der Waals surface area contributed by atoms with Crippen molar-refractivity contribution in [3.05, 3.63) is 47.4 Å². The monoisotopic (exact) mass is 467 g/mol. The molecular formula is C13H9Br2Cl2N3S. The Morgan fingerprint density at radius 3 is 2.62 bits per heavy atom. The zero-order chi connectivity index (χ0) is 15.1. The fraction of sp³-hybridized carbons (Fsp3) is 0.154. The zero-order valence-electron chi connectivity index (χ0n) is 10.5. The van der Waals surface area contributed by atoms with Crippen LogP contribution < -0.4 is 10.6 Å². The molecule has 1 aliphatic rings. The maximum atomic E-state index is 6.14. The highest BCUT2D eigenvalue weighted by Gasteiger charge is 2.30. The fourth-order valence-corrected chi connectivity index (χ4v) is 4.49. The smallest absolute Gasteiger partial charge is 0.196 e. The van der Waals surface area contributed by atoms with Crippen molar-refractivity contribution in [3.8, 4) is 0 Å². The third-order valence-corrected chi connectivity index (χ3v) is 6.95. The number of anilines is 1. The van der Waals surface area contributed by atoms with Crippen LogP contribution in [0, 0.1) is 0 Å². The Morgan fingerprint density at radius 2 is 2.00 bits per heavy atom. The topological polar surface area (TPSA) is 41.6 Å². The van der Waals surface area contributed by atoms with Gasteiger partial charge in [-0.3, -0.25) is 4.99 Å². The molecule has 1 aromatic carbocycles. The fourth-order valence-electron chi connectivity index (χ4n) is 2.19. The van der Waals surface area contributed by atoms with Crippen LogP contribution in [0.5, 0.6) is 0 Å². The third kappa shape index (κ3) is 2.97. The number of guanidine groups is 1. The van der Waals surface area contributed by atoms with Gasteiger partial charge in [0.2, 0.25) is 0 Å². The Morgan fingerprint density at radius 1 is 1.24 bits per heavy atom. The first-order valence-electron chi connectivity index (χ1n) is 5.96. The van der Waals surface area contributed by atoms with E-state index in [2.05, 4.69) is 36.9 Å². The van der Waals surface area contributed by atoms with E-state index in [1.54, 1.807) is 0 Å². The molecule has 3 rings (SSSR count). The first-order chi connectivity index (χ1) is 9.97. The Balaban J connectivity index is 2.00. The molecule has 1 aromatic heterocycles. The molecule has 2 heterocycles. The van der Waals surface area contributed by atoms with Gasteiger partial charge < -0.3 is 10.6 Å². The summed E-state index contributed by atoms with van der Waals surface area (Å²) in [5.41, 5.74) is 7.00. The van der Waals surface area contributed by atoms with Crippen molar-refractivity contribution in [2.45, 2.75) is 6.04 Å². The molecule has 1 aliphatic heterocycles. The number of hydrogen-bond donors (Lipinski definition) is 1. The second-order valence-electron chi connectivity index (χ2n) is 4.45. The molecule has 0 fully saturated rings. The minimum atomic E-state index is 0.0480. The molecule has 8 heteroatoms. The maximum Gasteiger partial charge on any atom is 0.196 e. The Bertz CT molecular complexity index is 713. The van der Waals surface area contributed by atoms with Crippen LogP contribution in [0.1, 0.15) is 10.9 Å². The molecule has 0 amide bonds. The van der Waals surface area contributed by atoms with E-state index in [1.165, 1.54) is 11.3 Å². The molecule has 2 aromatic rings. The molecule has 110 valence electrons. The molecule has 0 radical (unpaired) electrons. The van der Waals surface area contributed by atoms with E-state index in [4.69, 9.17) is 28.9 Å². The summed E-state index contributed by atoms with van der Waals surface area (Å²) in [6.45, 7) is 0.607. The van der Waals surface area contributed by atoms with Crippen LogP contribution in [0.3, 0.4) is 0 Å². The van der Waals surface area contributed by atoms with E-state index in [0.29, 0.717) is 17.5 Å². The number of hydrogen-bond acceptors (Lipinski definition) is 4. The van der Waals surface area contributed by atoms with Gasteiger partial charge in [0, 0.05) is 19.5 Å². The number of halogens is 4. The van der Waals surface area contributed by atoms with Crippen molar-refractivity contribution in [2.75, 3.05) is 11.4 Å². The number of rotatable bonds is 2. The van der Waals surface area contributed by atoms with Gasteiger partial charge in [-0.15, -0.1) is 11.3 Å². The minimum absolute atomic E-state index is 0.0480. The van der Waals surface area contributed by atoms with Crippen molar-refractivity contribution in [2.24, 2.45) is 10.7 Å². The van der Waals surface area contributed by atoms with Gasteiger partial charge in [-0.2, -0.15) is 0 Å². The van der Waals surface area contributed by atoms with E-state index in [-0.39, 0.29) is 6.04 Å². The van der Waals surface area contributed by atoms with Crippen molar-refractivity contribution < 1.29 is 0 Å². The highest BCUT2D eigenvalue weighted by Crippen LogP contribution is 2.41. The summed E-state index contributed by atoms with van der Waals surface area (Å²) >= 11 is 20.6. The van der Waals surface area contributed by atoms with Crippen LogP contribution in [0.4, 0.5) is 5.69 Å². The minimum Gasteiger partial charge on any atom is -0.369 e. The van der Waals surface area contributed by atoms with E-state index >= 15 is 0 Å². The summed E-state index contributed by atoms with van der Waals surface area (Å²) in [4.78, 5) is 7.47. The van der Waals surface area contributed by atoms with Gasteiger partial charge in [0.15, 0.2) is 5.96 Å². The molecule has 2 N–H and O–H groups in total. The van der Waals surface area contributed by atoms with E-state index in [1.807, 2.05) is 29.2 Å². The van der Waals surface area contributed by atoms with Gasteiger partial charge in [-0.25, -0.2) is 0 Å². The second kappa shape index (κ2) is 6.08. The Kier molecular flexibility index (Phi) is 4.52. The van der Waals surface area contributed by atoms with Gasteiger partial charge >= 0.3 is 0 Å². The quantitative estimate of drug-likeness (QED) is 0.634. The van der Waals surface area contributed by atoms with E-state index in [0.717, 1.165) is 23.8 Å². The number of aliphatic imine (C=N–C) groups is 1. The normalized spacial score (nSPS) is 18.2. The summed E-state index contributed by atoms with van der Waals surface area (Å²) < 4.78 is 2.45. The van der Waals surface area contributed by atoms with Gasteiger partial charge in [-0.05, 0) is 56.1 Å². The van der Waals surface area contributed by atoms with Gasteiger partial charge in [0.1, 0.15) is 4.34 Å².